The van der Waals surface area contributed by atoms with Gasteiger partial charge in [-0.05, 0) is 48.6 Å². The molecule has 170 valence electrons. The Balaban J connectivity index is 1.21. The summed E-state index contributed by atoms with van der Waals surface area (Å²) in [4.78, 5) is 30.0. The first-order valence-electron chi connectivity index (χ1n) is 11.0. The van der Waals surface area contributed by atoms with E-state index >= 15 is 0 Å². The van der Waals surface area contributed by atoms with Gasteiger partial charge in [-0.25, -0.2) is 14.2 Å². The third kappa shape index (κ3) is 3.53. The van der Waals surface area contributed by atoms with Gasteiger partial charge in [0.05, 0.1) is 12.6 Å². The normalized spacial score (nSPS) is 22.8. The highest BCUT2D eigenvalue weighted by molar-refractivity contribution is 6.31. The average molecular weight is 470 g/mol. The molecule has 0 saturated heterocycles. The summed E-state index contributed by atoms with van der Waals surface area (Å²) in [6, 6.07) is 7.04. The second kappa shape index (κ2) is 7.45. The number of Topliss-reactive ketones (excluding diaryl/α,β-unsaturated/α-hetero) is 1. The number of halogens is 2. The molecule has 2 N–H and O–H groups in total. The predicted molar refractivity (Wildman–Crippen MR) is 118 cm³/mol. The molecule has 2 fully saturated rings. The van der Waals surface area contributed by atoms with Crippen molar-refractivity contribution in [2.75, 3.05) is 6.61 Å². The first-order chi connectivity index (χ1) is 15.9. The van der Waals surface area contributed by atoms with Crippen LogP contribution in [0.25, 0.3) is 11.1 Å². The zero-order chi connectivity index (χ0) is 22.7. The number of amides is 2. The fraction of sp³-hybridized carbons (Fsp3) is 0.375. The van der Waals surface area contributed by atoms with Gasteiger partial charge in [0, 0.05) is 35.9 Å². The maximum Gasteiger partial charge on any atom is 0.316 e. The lowest BCUT2D eigenvalue weighted by Crippen LogP contribution is -2.49. The summed E-state index contributed by atoms with van der Waals surface area (Å²) >= 11 is 6.02. The van der Waals surface area contributed by atoms with E-state index in [1.165, 1.54) is 6.07 Å². The van der Waals surface area contributed by atoms with E-state index in [4.69, 9.17) is 20.8 Å². The molecular formula is C24H21ClFN3O4. The van der Waals surface area contributed by atoms with Gasteiger partial charge < -0.3 is 19.8 Å². The van der Waals surface area contributed by atoms with Crippen LogP contribution in [0.4, 0.5) is 9.18 Å². The van der Waals surface area contributed by atoms with Gasteiger partial charge in [-0.2, -0.15) is 0 Å². The Morgan fingerprint density at radius 3 is 2.88 bits per heavy atom. The lowest BCUT2D eigenvalue weighted by Gasteiger charge is -2.23. The Kier molecular flexibility index (Phi) is 4.62. The minimum absolute atomic E-state index is 0.104. The summed E-state index contributed by atoms with van der Waals surface area (Å²) in [7, 11) is 0. The highest BCUT2D eigenvalue weighted by atomic mass is 35.5. The minimum atomic E-state index is -0.793. The van der Waals surface area contributed by atoms with Crippen molar-refractivity contribution in [3.8, 4) is 5.75 Å². The van der Waals surface area contributed by atoms with E-state index < -0.39 is 29.3 Å². The van der Waals surface area contributed by atoms with Gasteiger partial charge in [-0.15, -0.1) is 0 Å². The largest absolute Gasteiger partial charge is 0.493 e. The van der Waals surface area contributed by atoms with E-state index in [1.54, 1.807) is 24.3 Å². The Morgan fingerprint density at radius 2 is 2.06 bits per heavy atom. The Bertz CT molecular complexity index is 1300. The van der Waals surface area contributed by atoms with Crippen LogP contribution in [-0.2, 0) is 16.8 Å². The Morgan fingerprint density at radius 1 is 1.21 bits per heavy atom. The number of oxazole rings is 1. The highest BCUT2D eigenvalue weighted by Gasteiger charge is 2.51. The highest BCUT2D eigenvalue weighted by Crippen LogP contribution is 2.46. The maximum atomic E-state index is 14.8. The number of nitrogens with zero attached hydrogens (tertiary/aromatic N) is 1. The fourth-order valence-electron chi connectivity index (χ4n) is 4.88. The number of benzene rings is 2. The van der Waals surface area contributed by atoms with E-state index in [1.807, 2.05) is 0 Å². The quantitative estimate of drug-likeness (QED) is 0.592. The number of ether oxygens (including phenoxy) is 1. The van der Waals surface area contributed by atoms with Gasteiger partial charge in [-0.3, -0.25) is 4.79 Å². The molecule has 7 nitrogen and oxygen atoms in total. The SMILES string of the molecule is O=C(N[C@@H]1C(=O)CC[C@H]1c1cc2c(cc1F)OCC2)NC1(c2nc3ccc(Cl)cc3o2)CC1. The standard InChI is InChI=1S/C24H21ClFN3O4/c25-13-1-3-17-20(10-13)33-22(27-17)24(6-7-24)29-23(31)28-21-14(2-4-18(21)30)15-9-12-5-8-32-19(12)11-16(15)26/h1,3,9-11,14,21H,2,4-8H2,(H2,28,29,31)/t14-,21-/m0/s1. The van der Waals surface area contributed by atoms with Gasteiger partial charge >= 0.3 is 6.03 Å². The molecule has 1 aliphatic heterocycles. The van der Waals surface area contributed by atoms with Crippen LogP contribution in [0.15, 0.2) is 34.7 Å². The molecule has 6 rings (SSSR count). The van der Waals surface area contributed by atoms with Crippen molar-refractivity contribution in [1.82, 2.24) is 15.6 Å². The summed E-state index contributed by atoms with van der Waals surface area (Å²) in [6.45, 7) is 0.524. The molecular weight excluding hydrogens is 449 g/mol. The number of urea groups is 1. The molecule has 0 unspecified atom stereocenters. The van der Waals surface area contributed by atoms with Crippen LogP contribution in [0.1, 0.15) is 48.6 Å². The van der Waals surface area contributed by atoms with E-state index in [-0.39, 0.29) is 5.78 Å². The van der Waals surface area contributed by atoms with E-state index in [0.29, 0.717) is 72.0 Å². The van der Waals surface area contributed by atoms with Crippen molar-refractivity contribution in [3.63, 3.8) is 0 Å². The summed E-state index contributed by atoms with van der Waals surface area (Å²) < 4.78 is 26.1. The van der Waals surface area contributed by atoms with E-state index in [9.17, 15) is 14.0 Å². The van der Waals surface area contributed by atoms with Crippen LogP contribution in [0, 0.1) is 5.82 Å². The molecule has 9 heteroatoms. The molecule has 2 amide bonds. The van der Waals surface area contributed by atoms with Crippen LogP contribution in [0.5, 0.6) is 5.75 Å². The van der Waals surface area contributed by atoms with E-state index in [0.717, 1.165) is 5.56 Å². The topological polar surface area (TPSA) is 93.5 Å². The monoisotopic (exact) mass is 469 g/mol. The van der Waals surface area contributed by atoms with Crippen LogP contribution >= 0.6 is 11.6 Å². The number of carbonyl (C=O) groups excluding carboxylic acids is 2. The van der Waals surface area contributed by atoms with Crippen LogP contribution in [0.3, 0.4) is 0 Å². The molecule has 33 heavy (non-hydrogen) atoms. The Hall–Kier alpha value is -3.13. The van der Waals surface area contributed by atoms with Gasteiger partial charge in [0.15, 0.2) is 11.4 Å². The van der Waals surface area contributed by atoms with Gasteiger partial charge in [0.2, 0.25) is 5.89 Å². The van der Waals surface area contributed by atoms with Crippen molar-refractivity contribution < 1.29 is 23.1 Å². The molecule has 0 radical (unpaired) electrons. The van der Waals surface area contributed by atoms with Gasteiger partial charge in [0.25, 0.3) is 0 Å². The third-order valence-electron chi connectivity index (χ3n) is 6.81. The first kappa shape index (κ1) is 20.5. The zero-order valence-corrected chi connectivity index (χ0v) is 18.4. The second-order valence-corrected chi connectivity index (χ2v) is 9.42. The van der Waals surface area contributed by atoms with Crippen molar-refractivity contribution in [2.24, 2.45) is 0 Å². The van der Waals surface area contributed by atoms with Crippen molar-refractivity contribution in [1.29, 1.82) is 0 Å². The summed E-state index contributed by atoms with van der Waals surface area (Å²) in [6.07, 6.45) is 2.82. The predicted octanol–water partition coefficient (Wildman–Crippen LogP) is 4.36. The summed E-state index contributed by atoms with van der Waals surface area (Å²) in [5, 5.41) is 6.26. The molecule has 3 aliphatic rings. The maximum absolute atomic E-state index is 14.8. The molecule has 2 aliphatic carbocycles. The van der Waals surface area contributed by atoms with Crippen LogP contribution < -0.4 is 15.4 Å². The number of hydrogen-bond donors (Lipinski definition) is 2. The van der Waals surface area contributed by atoms with Crippen molar-refractivity contribution >= 4 is 34.5 Å². The number of fused-ring (bicyclic) bond motifs is 2. The molecule has 2 aromatic carbocycles. The van der Waals surface area contributed by atoms with Crippen molar-refractivity contribution in [2.45, 2.75) is 49.6 Å². The summed E-state index contributed by atoms with van der Waals surface area (Å²) in [5.74, 6) is 0.0294. The van der Waals surface area contributed by atoms with Crippen molar-refractivity contribution in [3.05, 3.63) is 58.2 Å². The van der Waals surface area contributed by atoms with Crippen LogP contribution in [-0.4, -0.2) is 29.4 Å². The number of ketones is 1. The fourth-order valence-corrected chi connectivity index (χ4v) is 5.04. The van der Waals surface area contributed by atoms with Gasteiger partial charge in [-0.1, -0.05) is 11.6 Å². The second-order valence-electron chi connectivity index (χ2n) is 8.98. The number of carbonyl (C=O) groups is 2. The minimum Gasteiger partial charge on any atom is -0.493 e. The lowest BCUT2D eigenvalue weighted by atomic mass is 9.91. The smallest absolute Gasteiger partial charge is 0.316 e. The van der Waals surface area contributed by atoms with Gasteiger partial charge in [0.1, 0.15) is 22.6 Å². The lowest BCUT2D eigenvalue weighted by molar-refractivity contribution is -0.119. The third-order valence-corrected chi connectivity index (χ3v) is 7.04. The van der Waals surface area contributed by atoms with Crippen LogP contribution in [0.2, 0.25) is 5.02 Å². The molecule has 2 atom stereocenters. The molecule has 0 spiro atoms. The number of rotatable bonds is 4. The molecule has 2 saturated carbocycles. The Labute approximate surface area is 193 Å². The number of hydrogen-bond acceptors (Lipinski definition) is 5. The zero-order valence-electron chi connectivity index (χ0n) is 17.6. The average Bonchev–Trinajstić information content (AvgIpc) is 3.10. The first-order valence-corrected chi connectivity index (χ1v) is 11.4. The number of nitrogens with one attached hydrogen (secondary N) is 2. The number of aromatic nitrogens is 1. The molecule has 1 aromatic heterocycles. The molecule has 0 bridgehead atoms. The van der Waals surface area contributed by atoms with E-state index in [2.05, 4.69) is 15.6 Å². The molecule has 3 aromatic rings. The molecule has 2 heterocycles. The summed E-state index contributed by atoms with van der Waals surface area (Å²) in [5.41, 5.74) is 1.87.